The molecule has 54 heavy (non-hydrogen) atoms. The van der Waals surface area contributed by atoms with E-state index in [1.54, 1.807) is 0 Å². The SMILES string of the molecule is CCCCCCCCCCCCCCCCCC(=O)O[C@@H](COC(=O)CCCCCCCCCCCC)COC(=O)CCCCCCCCCCC(C)C. The van der Waals surface area contributed by atoms with Gasteiger partial charge in [0.2, 0.25) is 0 Å². The first-order valence-electron chi connectivity index (χ1n) is 23.9. The van der Waals surface area contributed by atoms with Crippen molar-refractivity contribution in [3.8, 4) is 0 Å². The van der Waals surface area contributed by atoms with Gasteiger partial charge in [0.05, 0.1) is 0 Å². The maximum atomic E-state index is 12.7. The van der Waals surface area contributed by atoms with Gasteiger partial charge in [-0.2, -0.15) is 0 Å². The van der Waals surface area contributed by atoms with E-state index in [4.69, 9.17) is 14.2 Å². The fourth-order valence-corrected chi connectivity index (χ4v) is 7.16. The first kappa shape index (κ1) is 52.4. The molecule has 1 atom stereocenters. The van der Waals surface area contributed by atoms with Gasteiger partial charge in [-0.25, -0.2) is 0 Å². The summed E-state index contributed by atoms with van der Waals surface area (Å²) < 4.78 is 16.7. The topological polar surface area (TPSA) is 78.9 Å². The molecule has 0 aliphatic heterocycles. The molecule has 0 N–H and O–H groups in total. The molecule has 0 aliphatic rings. The Labute approximate surface area is 336 Å². The van der Waals surface area contributed by atoms with Gasteiger partial charge in [-0.1, -0.05) is 227 Å². The van der Waals surface area contributed by atoms with Crippen molar-refractivity contribution in [2.75, 3.05) is 13.2 Å². The third-order valence-electron chi connectivity index (χ3n) is 10.8. The molecule has 6 nitrogen and oxygen atoms in total. The van der Waals surface area contributed by atoms with Crippen LogP contribution in [0.2, 0.25) is 0 Å². The van der Waals surface area contributed by atoms with E-state index in [0.717, 1.165) is 63.7 Å². The summed E-state index contributed by atoms with van der Waals surface area (Å²) in [6.07, 6.45) is 42.3. The van der Waals surface area contributed by atoms with Crippen LogP contribution in [0.3, 0.4) is 0 Å². The highest BCUT2D eigenvalue weighted by Crippen LogP contribution is 2.16. The molecule has 0 aromatic rings. The molecule has 0 fully saturated rings. The van der Waals surface area contributed by atoms with E-state index in [9.17, 15) is 14.4 Å². The van der Waals surface area contributed by atoms with E-state index >= 15 is 0 Å². The average Bonchev–Trinajstić information content (AvgIpc) is 3.15. The van der Waals surface area contributed by atoms with Crippen LogP contribution >= 0.6 is 0 Å². The summed E-state index contributed by atoms with van der Waals surface area (Å²) in [5, 5.41) is 0. The zero-order valence-corrected chi connectivity index (χ0v) is 36.7. The number of carbonyl (C=O) groups is 3. The van der Waals surface area contributed by atoms with E-state index in [1.807, 2.05) is 0 Å². The maximum absolute atomic E-state index is 12.7. The van der Waals surface area contributed by atoms with Crippen molar-refractivity contribution in [2.24, 2.45) is 5.92 Å². The van der Waals surface area contributed by atoms with E-state index in [0.29, 0.717) is 19.3 Å². The highest BCUT2D eigenvalue weighted by molar-refractivity contribution is 5.71. The number of hydrogen-bond donors (Lipinski definition) is 0. The minimum Gasteiger partial charge on any atom is -0.462 e. The standard InChI is InChI=1S/C48H92O6/c1-5-7-9-11-13-15-17-18-19-20-21-23-29-33-37-41-48(51)54-45(42-52-46(49)39-35-31-27-22-16-14-12-10-8-6-2)43-53-47(50)40-36-32-28-25-24-26-30-34-38-44(3)4/h44-45H,5-43H2,1-4H3/t45-/m0/s1. The molecule has 0 spiro atoms. The second kappa shape index (κ2) is 42.6. The average molecular weight is 765 g/mol. The highest BCUT2D eigenvalue weighted by Gasteiger charge is 2.19. The Morgan fingerprint density at radius 1 is 0.352 bits per heavy atom. The molecule has 0 radical (unpaired) electrons. The van der Waals surface area contributed by atoms with Gasteiger partial charge in [0, 0.05) is 19.3 Å². The monoisotopic (exact) mass is 765 g/mol. The van der Waals surface area contributed by atoms with E-state index in [-0.39, 0.29) is 31.1 Å². The van der Waals surface area contributed by atoms with Crippen molar-refractivity contribution in [2.45, 2.75) is 271 Å². The lowest BCUT2D eigenvalue weighted by Gasteiger charge is -2.18. The van der Waals surface area contributed by atoms with Gasteiger partial charge in [0.15, 0.2) is 6.10 Å². The quantitative estimate of drug-likeness (QED) is 0.0349. The van der Waals surface area contributed by atoms with Crippen LogP contribution < -0.4 is 0 Å². The number of ether oxygens (including phenoxy) is 3. The Morgan fingerprint density at radius 2 is 0.611 bits per heavy atom. The summed E-state index contributed by atoms with van der Waals surface area (Å²) in [6, 6.07) is 0. The van der Waals surface area contributed by atoms with E-state index in [1.165, 1.54) is 161 Å². The van der Waals surface area contributed by atoms with Crippen molar-refractivity contribution in [1.82, 2.24) is 0 Å². The van der Waals surface area contributed by atoms with Gasteiger partial charge >= 0.3 is 17.9 Å². The van der Waals surface area contributed by atoms with Gasteiger partial charge in [-0.05, 0) is 25.2 Å². The van der Waals surface area contributed by atoms with Crippen LogP contribution in [0.1, 0.15) is 265 Å². The fraction of sp³-hybridized carbons (Fsp3) is 0.938. The second-order valence-electron chi connectivity index (χ2n) is 16.9. The van der Waals surface area contributed by atoms with E-state index in [2.05, 4.69) is 27.7 Å². The zero-order chi connectivity index (χ0) is 39.6. The summed E-state index contributed by atoms with van der Waals surface area (Å²) in [7, 11) is 0. The normalized spacial score (nSPS) is 11.9. The third-order valence-corrected chi connectivity index (χ3v) is 10.8. The summed E-state index contributed by atoms with van der Waals surface area (Å²) in [6.45, 7) is 8.96. The van der Waals surface area contributed by atoms with Gasteiger partial charge in [0.1, 0.15) is 13.2 Å². The molecule has 0 bridgehead atoms. The summed E-state index contributed by atoms with van der Waals surface area (Å²) in [5.41, 5.74) is 0. The molecule has 0 aromatic carbocycles. The fourth-order valence-electron chi connectivity index (χ4n) is 7.16. The molecule has 0 heterocycles. The molecule has 0 unspecified atom stereocenters. The molecule has 0 saturated heterocycles. The lowest BCUT2D eigenvalue weighted by molar-refractivity contribution is -0.167. The van der Waals surface area contributed by atoms with Crippen LogP contribution in [-0.2, 0) is 28.6 Å². The third kappa shape index (κ3) is 41.6. The van der Waals surface area contributed by atoms with Crippen LogP contribution in [0.4, 0.5) is 0 Å². The van der Waals surface area contributed by atoms with Crippen LogP contribution in [0.25, 0.3) is 0 Å². The number of esters is 3. The van der Waals surface area contributed by atoms with Crippen molar-refractivity contribution in [3.63, 3.8) is 0 Å². The van der Waals surface area contributed by atoms with Crippen molar-refractivity contribution >= 4 is 17.9 Å². The van der Waals surface area contributed by atoms with Gasteiger partial charge in [0.25, 0.3) is 0 Å². The first-order valence-corrected chi connectivity index (χ1v) is 23.9. The van der Waals surface area contributed by atoms with Gasteiger partial charge in [-0.3, -0.25) is 14.4 Å². The molecular formula is C48H92O6. The van der Waals surface area contributed by atoms with E-state index < -0.39 is 6.10 Å². The lowest BCUT2D eigenvalue weighted by atomic mass is 10.0. The lowest BCUT2D eigenvalue weighted by Crippen LogP contribution is -2.30. The van der Waals surface area contributed by atoms with Gasteiger partial charge < -0.3 is 14.2 Å². The molecule has 6 heteroatoms. The smallest absolute Gasteiger partial charge is 0.306 e. The first-order chi connectivity index (χ1) is 26.4. The van der Waals surface area contributed by atoms with Crippen LogP contribution in [0.5, 0.6) is 0 Å². The van der Waals surface area contributed by atoms with Crippen LogP contribution in [-0.4, -0.2) is 37.2 Å². The molecule has 0 amide bonds. The number of hydrogen-bond acceptors (Lipinski definition) is 6. The minimum atomic E-state index is -0.759. The van der Waals surface area contributed by atoms with Crippen molar-refractivity contribution in [1.29, 1.82) is 0 Å². The summed E-state index contributed by atoms with van der Waals surface area (Å²) in [4.78, 5) is 37.7. The summed E-state index contributed by atoms with van der Waals surface area (Å²) in [5.74, 6) is -0.0567. The van der Waals surface area contributed by atoms with Crippen LogP contribution in [0, 0.1) is 5.92 Å². The molecule has 0 aromatic heterocycles. The maximum Gasteiger partial charge on any atom is 0.306 e. The summed E-state index contributed by atoms with van der Waals surface area (Å²) >= 11 is 0. The number of carbonyl (C=O) groups excluding carboxylic acids is 3. The number of unbranched alkanes of at least 4 members (excludes halogenated alkanes) is 30. The second-order valence-corrected chi connectivity index (χ2v) is 16.9. The molecule has 0 saturated carbocycles. The van der Waals surface area contributed by atoms with Crippen molar-refractivity contribution < 1.29 is 28.6 Å². The highest BCUT2D eigenvalue weighted by atomic mass is 16.6. The Hall–Kier alpha value is -1.59. The van der Waals surface area contributed by atoms with Crippen molar-refractivity contribution in [3.05, 3.63) is 0 Å². The Bertz CT molecular complexity index is 811. The molecule has 320 valence electrons. The molecule has 0 aliphatic carbocycles. The predicted octanol–water partition coefficient (Wildman–Crippen LogP) is 15.1. The van der Waals surface area contributed by atoms with Gasteiger partial charge in [-0.15, -0.1) is 0 Å². The van der Waals surface area contributed by atoms with Crippen LogP contribution in [0.15, 0.2) is 0 Å². The zero-order valence-electron chi connectivity index (χ0n) is 36.7. The Kier molecular flexibility index (Phi) is 41.3. The number of rotatable bonds is 43. The predicted molar refractivity (Wildman–Crippen MR) is 229 cm³/mol. The molecule has 0 rings (SSSR count). The Balaban J connectivity index is 4.31. The Morgan fingerprint density at radius 3 is 0.907 bits per heavy atom. The molecular weight excluding hydrogens is 673 g/mol. The largest absolute Gasteiger partial charge is 0.462 e. The minimum absolute atomic E-state index is 0.0639.